The third-order valence-electron chi connectivity index (χ3n) is 3.81. The number of hydrogen-bond donors (Lipinski definition) is 1. The Morgan fingerprint density at radius 3 is 2.41 bits per heavy atom. The fourth-order valence-electron chi connectivity index (χ4n) is 2.46. The van der Waals surface area contributed by atoms with Crippen molar-refractivity contribution in [2.24, 2.45) is 0 Å². The monoisotopic (exact) mass is 504 g/mol. The number of sulfonamides is 1. The maximum Gasteiger partial charge on any atom is 0.245 e. The molecule has 1 amide bonds. The van der Waals surface area contributed by atoms with Crippen LogP contribution in [0, 0.1) is 10.5 Å². The number of benzene rings is 2. The predicted octanol–water partition coefficient (Wildman–Crippen LogP) is 3.02. The molecule has 2 rings (SSSR count). The van der Waals surface area contributed by atoms with Crippen LogP contribution in [0.5, 0.6) is 11.5 Å². The molecule has 0 atom stereocenters. The standard InChI is InChI=1S/C18H21IN2O5S/c1-12-9-13(19)5-7-15(12)20-18(22)11-21(27(4,23)24)16-8-6-14(25-2)10-17(16)26-3/h5-10H,11H2,1-4H3,(H,20,22). The van der Waals surface area contributed by atoms with Gasteiger partial charge < -0.3 is 14.8 Å². The molecule has 0 aliphatic heterocycles. The van der Waals surface area contributed by atoms with Gasteiger partial charge in [0.05, 0.1) is 26.2 Å². The molecule has 146 valence electrons. The molecular weight excluding hydrogens is 483 g/mol. The quantitative estimate of drug-likeness (QED) is 0.587. The van der Waals surface area contributed by atoms with E-state index in [1.54, 1.807) is 24.3 Å². The van der Waals surface area contributed by atoms with Gasteiger partial charge in [-0.2, -0.15) is 0 Å². The number of amides is 1. The Morgan fingerprint density at radius 2 is 1.85 bits per heavy atom. The zero-order chi connectivity index (χ0) is 20.2. The fraction of sp³-hybridized carbons (Fsp3) is 0.278. The molecule has 0 spiro atoms. The molecule has 27 heavy (non-hydrogen) atoms. The normalized spacial score (nSPS) is 11.0. The third kappa shape index (κ3) is 5.48. The van der Waals surface area contributed by atoms with E-state index in [-0.39, 0.29) is 18.0 Å². The van der Waals surface area contributed by atoms with Gasteiger partial charge in [0.25, 0.3) is 0 Å². The van der Waals surface area contributed by atoms with Crippen LogP contribution >= 0.6 is 22.6 Å². The Bertz CT molecular complexity index is 947. The Kier molecular flexibility index (Phi) is 6.93. The number of aryl methyl sites for hydroxylation is 1. The molecule has 0 aliphatic carbocycles. The lowest BCUT2D eigenvalue weighted by molar-refractivity contribution is -0.114. The number of nitrogens with one attached hydrogen (secondary N) is 1. The van der Waals surface area contributed by atoms with E-state index in [2.05, 4.69) is 27.9 Å². The van der Waals surface area contributed by atoms with Crippen molar-refractivity contribution in [1.29, 1.82) is 0 Å². The smallest absolute Gasteiger partial charge is 0.245 e. The zero-order valence-corrected chi connectivity index (χ0v) is 18.4. The Hall–Kier alpha value is -2.01. The molecule has 0 radical (unpaired) electrons. The van der Waals surface area contributed by atoms with Gasteiger partial charge in [-0.15, -0.1) is 0 Å². The van der Waals surface area contributed by atoms with Crippen LogP contribution in [0.4, 0.5) is 11.4 Å². The largest absolute Gasteiger partial charge is 0.497 e. The number of methoxy groups -OCH3 is 2. The van der Waals surface area contributed by atoms with Crippen molar-refractivity contribution in [2.75, 3.05) is 36.6 Å². The van der Waals surface area contributed by atoms with Crippen LogP contribution in [0.25, 0.3) is 0 Å². The summed E-state index contributed by atoms with van der Waals surface area (Å²) in [4.78, 5) is 12.5. The maximum atomic E-state index is 12.5. The van der Waals surface area contributed by atoms with Crippen LogP contribution in [-0.4, -0.2) is 41.3 Å². The van der Waals surface area contributed by atoms with E-state index in [1.165, 1.54) is 14.2 Å². The zero-order valence-electron chi connectivity index (χ0n) is 15.4. The molecular formula is C18H21IN2O5S. The van der Waals surface area contributed by atoms with Gasteiger partial charge in [0.2, 0.25) is 15.9 Å². The van der Waals surface area contributed by atoms with Crippen LogP contribution in [0.2, 0.25) is 0 Å². The van der Waals surface area contributed by atoms with Crippen molar-refractivity contribution < 1.29 is 22.7 Å². The molecule has 0 aromatic heterocycles. The first-order valence-electron chi connectivity index (χ1n) is 7.91. The van der Waals surface area contributed by atoms with E-state index in [0.717, 1.165) is 19.7 Å². The maximum absolute atomic E-state index is 12.5. The van der Waals surface area contributed by atoms with Crippen LogP contribution in [0.15, 0.2) is 36.4 Å². The first-order chi connectivity index (χ1) is 12.7. The second kappa shape index (κ2) is 8.79. The Labute approximate surface area is 172 Å². The molecule has 2 aromatic rings. The Balaban J connectivity index is 2.31. The van der Waals surface area contributed by atoms with Crippen molar-refractivity contribution in [1.82, 2.24) is 0 Å². The highest BCUT2D eigenvalue weighted by atomic mass is 127. The molecule has 2 aromatic carbocycles. The molecule has 0 aliphatic rings. The van der Waals surface area contributed by atoms with Gasteiger partial charge in [-0.25, -0.2) is 8.42 Å². The van der Waals surface area contributed by atoms with Gasteiger partial charge in [0.1, 0.15) is 18.0 Å². The summed E-state index contributed by atoms with van der Waals surface area (Å²) in [5, 5.41) is 2.76. The second-order valence-corrected chi connectivity index (χ2v) is 8.97. The molecule has 0 bridgehead atoms. The van der Waals surface area contributed by atoms with E-state index in [9.17, 15) is 13.2 Å². The average Bonchev–Trinajstić information content (AvgIpc) is 2.60. The molecule has 0 saturated carbocycles. The lowest BCUT2D eigenvalue weighted by Gasteiger charge is -2.24. The Morgan fingerprint density at radius 1 is 1.15 bits per heavy atom. The number of carbonyl (C=O) groups is 1. The van der Waals surface area contributed by atoms with Crippen molar-refractivity contribution in [3.63, 3.8) is 0 Å². The summed E-state index contributed by atoms with van der Waals surface area (Å²) < 4.78 is 37.1. The molecule has 1 N–H and O–H groups in total. The summed E-state index contributed by atoms with van der Waals surface area (Å²) in [7, 11) is -0.800. The van der Waals surface area contributed by atoms with Crippen LogP contribution in [0.3, 0.4) is 0 Å². The van der Waals surface area contributed by atoms with Crippen molar-refractivity contribution in [3.8, 4) is 11.5 Å². The van der Waals surface area contributed by atoms with Crippen LogP contribution < -0.4 is 19.1 Å². The van der Waals surface area contributed by atoms with Crippen LogP contribution in [0.1, 0.15) is 5.56 Å². The minimum Gasteiger partial charge on any atom is -0.497 e. The average molecular weight is 504 g/mol. The van der Waals surface area contributed by atoms with Crippen molar-refractivity contribution in [2.45, 2.75) is 6.92 Å². The van der Waals surface area contributed by atoms with Crippen molar-refractivity contribution in [3.05, 3.63) is 45.5 Å². The van der Waals surface area contributed by atoms with Gasteiger partial charge in [-0.1, -0.05) is 0 Å². The lowest BCUT2D eigenvalue weighted by atomic mass is 10.2. The number of anilines is 2. The van der Waals surface area contributed by atoms with Gasteiger partial charge >= 0.3 is 0 Å². The molecule has 0 unspecified atom stereocenters. The number of rotatable bonds is 7. The first-order valence-corrected chi connectivity index (χ1v) is 10.8. The van der Waals surface area contributed by atoms with Gasteiger partial charge in [-0.3, -0.25) is 9.10 Å². The summed E-state index contributed by atoms with van der Waals surface area (Å²) in [5.74, 6) is 0.351. The van der Waals surface area contributed by atoms with Gasteiger partial charge in [-0.05, 0) is 65.4 Å². The van der Waals surface area contributed by atoms with E-state index in [0.29, 0.717) is 11.4 Å². The van der Waals surface area contributed by atoms with Gasteiger partial charge in [0, 0.05) is 15.3 Å². The highest BCUT2D eigenvalue weighted by Gasteiger charge is 2.24. The summed E-state index contributed by atoms with van der Waals surface area (Å²) in [6.45, 7) is 1.49. The molecule has 9 heteroatoms. The second-order valence-electron chi connectivity index (χ2n) is 5.81. The highest BCUT2D eigenvalue weighted by molar-refractivity contribution is 14.1. The van der Waals surface area contributed by atoms with E-state index < -0.39 is 15.9 Å². The van der Waals surface area contributed by atoms with E-state index in [4.69, 9.17) is 9.47 Å². The highest BCUT2D eigenvalue weighted by Crippen LogP contribution is 2.33. The lowest BCUT2D eigenvalue weighted by Crippen LogP contribution is -2.37. The van der Waals surface area contributed by atoms with Gasteiger partial charge in [0.15, 0.2) is 0 Å². The number of hydrogen-bond acceptors (Lipinski definition) is 5. The molecule has 0 saturated heterocycles. The molecule has 0 fully saturated rings. The van der Waals surface area contributed by atoms with E-state index in [1.807, 2.05) is 19.1 Å². The summed E-state index contributed by atoms with van der Waals surface area (Å²) in [6.07, 6.45) is 1.04. The number of carbonyl (C=O) groups excluding carboxylic acids is 1. The minimum absolute atomic E-state index is 0.260. The number of nitrogens with zero attached hydrogens (tertiary/aromatic N) is 1. The first kappa shape index (κ1) is 21.3. The minimum atomic E-state index is -3.72. The number of ether oxygens (including phenoxy) is 2. The SMILES string of the molecule is COc1ccc(N(CC(=O)Nc2ccc(I)cc2C)S(C)(=O)=O)c(OC)c1. The van der Waals surface area contributed by atoms with Crippen molar-refractivity contribution >= 4 is 49.9 Å². The summed E-state index contributed by atoms with van der Waals surface area (Å²) >= 11 is 2.18. The number of halogens is 1. The van der Waals surface area contributed by atoms with E-state index >= 15 is 0 Å². The van der Waals surface area contributed by atoms with Crippen LogP contribution in [-0.2, 0) is 14.8 Å². The summed E-state index contributed by atoms with van der Waals surface area (Å²) in [5.41, 5.74) is 1.79. The molecule has 0 heterocycles. The third-order valence-corrected chi connectivity index (χ3v) is 5.60. The predicted molar refractivity (Wildman–Crippen MR) is 114 cm³/mol. The fourth-order valence-corrected chi connectivity index (χ4v) is 3.97. The summed E-state index contributed by atoms with van der Waals surface area (Å²) in [6, 6.07) is 10.3. The topological polar surface area (TPSA) is 84.9 Å². The molecule has 7 nitrogen and oxygen atoms in total.